The Kier molecular flexibility index (Phi) is 7.01. The SMILES string of the molecule is CC(C)CCCNC(=O)Nc1cccc(/C=C/C(=O)O)c1. The number of carboxylic acid groups (broad SMARTS) is 1. The van der Waals surface area contributed by atoms with Crippen LogP contribution in [0.2, 0.25) is 0 Å². The fourth-order valence-corrected chi connectivity index (χ4v) is 1.78. The molecule has 0 heterocycles. The molecule has 0 fully saturated rings. The quantitative estimate of drug-likeness (QED) is 0.532. The molecule has 1 aromatic rings. The van der Waals surface area contributed by atoms with E-state index in [2.05, 4.69) is 24.5 Å². The van der Waals surface area contributed by atoms with Crippen LogP contribution in [0.4, 0.5) is 10.5 Å². The number of nitrogens with one attached hydrogen (secondary N) is 2. The highest BCUT2D eigenvalue weighted by molar-refractivity contribution is 5.90. The van der Waals surface area contributed by atoms with E-state index in [0.717, 1.165) is 24.5 Å². The van der Waals surface area contributed by atoms with E-state index in [4.69, 9.17) is 5.11 Å². The van der Waals surface area contributed by atoms with Gasteiger partial charge >= 0.3 is 12.0 Å². The minimum absolute atomic E-state index is 0.252. The predicted molar refractivity (Wildman–Crippen MR) is 84.2 cm³/mol. The van der Waals surface area contributed by atoms with Gasteiger partial charge in [0.05, 0.1) is 0 Å². The molecule has 0 bridgehead atoms. The van der Waals surface area contributed by atoms with Crippen molar-refractivity contribution in [3.05, 3.63) is 35.9 Å². The van der Waals surface area contributed by atoms with Crippen molar-refractivity contribution < 1.29 is 14.7 Å². The highest BCUT2D eigenvalue weighted by Crippen LogP contribution is 2.12. The summed E-state index contributed by atoms with van der Waals surface area (Å²) < 4.78 is 0. The number of urea groups is 1. The Labute approximate surface area is 125 Å². The maximum Gasteiger partial charge on any atom is 0.328 e. The average molecular weight is 290 g/mol. The number of hydrogen-bond donors (Lipinski definition) is 3. The Morgan fingerprint density at radius 2 is 2.10 bits per heavy atom. The number of aliphatic carboxylic acids is 1. The first kappa shape index (κ1) is 16.8. The smallest absolute Gasteiger partial charge is 0.328 e. The van der Waals surface area contributed by atoms with Crippen LogP contribution >= 0.6 is 0 Å². The van der Waals surface area contributed by atoms with Gasteiger partial charge in [0.2, 0.25) is 0 Å². The van der Waals surface area contributed by atoms with Crippen LogP contribution in [-0.2, 0) is 4.79 Å². The van der Waals surface area contributed by atoms with Gasteiger partial charge in [0, 0.05) is 18.3 Å². The summed E-state index contributed by atoms with van der Waals surface area (Å²) >= 11 is 0. The molecule has 0 aliphatic carbocycles. The molecule has 0 saturated heterocycles. The fourth-order valence-electron chi connectivity index (χ4n) is 1.78. The fraction of sp³-hybridized carbons (Fsp3) is 0.375. The zero-order valence-corrected chi connectivity index (χ0v) is 12.4. The lowest BCUT2D eigenvalue weighted by Crippen LogP contribution is -2.29. The van der Waals surface area contributed by atoms with Gasteiger partial charge in [-0.3, -0.25) is 0 Å². The van der Waals surface area contributed by atoms with Crippen LogP contribution in [0.5, 0.6) is 0 Å². The van der Waals surface area contributed by atoms with Gasteiger partial charge in [0.15, 0.2) is 0 Å². The highest BCUT2D eigenvalue weighted by atomic mass is 16.4. The Balaban J connectivity index is 2.45. The predicted octanol–water partition coefficient (Wildman–Crippen LogP) is 3.34. The second-order valence-electron chi connectivity index (χ2n) is 5.21. The molecule has 21 heavy (non-hydrogen) atoms. The number of anilines is 1. The zero-order valence-electron chi connectivity index (χ0n) is 12.4. The van der Waals surface area contributed by atoms with Gasteiger partial charge in [-0.2, -0.15) is 0 Å². The van der Waals surface area contributed by atoms with Crippen molar-refractivity contribution in [2.24, 2.45) is 5.92 Å². The first-order valence-corrected chi connectivity index (χ1v) is 7.03. The second kappa shape index (κ2) is 8.79. The van der Waals surface area contributed by atoms with Gasteiger partial charge < -0.3 is 15.7 Å². The first-order chi connectivity index (χ1) is 9.97. The van der Waals surface area contributed by atoms with Crippen molar-refractivity contribution in [2.45, 2.75) is 26.7 Å². The van der Waals surface area contributed by atoms with E-state index in [-0.39, 0.29) is 6.03 Å². The normalized spacial score (nSPS) is 10.8. The van der Waals surface area contributed by atoms with E-state index in [1.807, 2.05) is 0 Å². The standard InChI is InChI=1S/C16H22N2O3/c1-12(2)5-4-10-17-16(21)18-14-7-3-6-13(11-14)8-9-15(19)20/h3,6-9,11-12H,4-5,10H2,1-2H3,(H,19,20)(H2,17,18,21)/b9-8+. The summed E-state index contributed by atoms with van der Waals surface area (Å²) in [7, 11) is 0. The molecule has 0 atom stereocenters. The lowest BCUT2D eigenvalue weighted by Gasteiger charge is -2.09. The van der Waals surface area contributed by atoms with Gasteiger partial charge in [0.25, 0.3) is 0 Å². The maximum atomic E-state index is 11.7. The number of rotatable bonds is 7. The van der Waals surface area contributed by atoms with Crippen LogP contribution in [0.15, 0.2) is 30.3 Å². The van der Waals surface area contributed by atoms with E-state index in [9.17, 15) is 9.59 Å². The van der Waals surface area contributed by atoms with Crippen molar-refractivity contribution in [2.75, 3.05) is 11.9 Å². The molecular weight excluding hydrogens is 268 g/mol. The topological polar surface area (TPSA) is 78.4 Å². The van der Waals surface area contributed by atoms with E-state index in [1.54, 1.807) is 24.3 Å². The Bertz CT molecular complexity index is 510. The average Bonchev–Trinajstić information content (AvgIpc) is 2.41. The minimum Gasteiger partial charge on any atom is -0.478 e. The summed E-state index contributed by atoms with van der Waals surface area (Å²) in [4.78, 5) is 22.2. The monoisotopic (exact) mass is 290 g/mol. The Morgan fingerprint density at radius 3 is 2.76 bits per heavy atom. The number of carbonyl (C=O) groups is 2. The summed E-state index contributed by atoms with van der Waals surface area (Å²) in [5.74, 6) is -0.371. The van der Waals surface area contributed by atoms with Crippen LogP contribution in [0.3, 0.4) is 0 Å². The van der Waals surface area contributed by atoms with Gasteiger partial charge in [-0.15, -0.1) is 0 Å². The van der Waals surface area contributed by atoms with Crippen molar-refractivity contribution in [3.8, 4) is 0 Å². The third-order valence-corrected chi connectivity index (χ3v) is 2.81. The van der Waals surface area contributed by atoms with Gasteiger partial charge in [-0.1, -0.05) is 26.0 Å². The molecule has 0 saturated carbocycles. The molecule has 0 aliphatic heterocycles. The summed E-state index contributed by atoms with van der Waals surface area (Å²) in [6.07, 6.45) is 4.57. The molecule has 1 aromatic carbocycles. The third kappa shape index (κ3) is 7.77. The summed E-state index contributed by atoms with van der Waals surface area (Å²) in [5, 5.41) is 14.1. The van der Waals surface area contributed by atoms with Crippen LogP contribution < -0.4 is 10.6 Å². The van der Waals surface area contributed by atoms with Crippen molar-refractivity contribution in [1.29, 1.82) is 0 Å². The van der Waals surface area contributed by atoms with Gasteiger partial charge in [-0.25, -0.2) is 9.59 Å². The molecule has 1 rings (SSSR count). The molecule has 3 N–H and O–H groups in total. The number of carbonyl (C=O) groups excluding carboxylic acids is 1. The molecule has 0 aliphatic rings. The summed E-state index contributed by atoms with van der Waals surface area (Å²) in [6.45, 7) is 4.94. The molecule has 114 valence electrons. The maximum absolute atomic E-state index is 11.7. The number of carboxylic acids is 1. The molecule has 5 heteroatoms. The van der Waals surface area contributed by atoms with E-state index < -0.39 is 5.97 Å². The molecule has 0 aromatic heterocycles. The lowest BCUT2D eigenvalue weighted by atomic mass is 10.1. The van der Waals surface area contributed by atoms with Gasteiger partial charge in [-0.05, 0) is 42.5 Å². The highest BCUT2D eigenvalue weighted by Gasteiger charge is 2.02. The summed E-state index contributed by atoms with van der Waals surface area (Å²) in [5.41, 5.74) is 1.35. The number of amides is 2. The van der Waals surface area contributed by atoms with Crippen molar-refractivity contribution >= 4 is 23.8 Å². The third-order valence-electron chi connectivity index (χ3n) is 2.81. The number of benzene rings is 1. The molecular formula is C16H22N2O3. The zero-order chi connectivity index (χ0) is 15.7. The molecule has 0 spiro atoms. The van der Waals surface area contributed by atoms with E-state index in [1.165, 1.54) is 6.08 Å². The van der Waals surface area contributed by atoms with Crippen LogP contribution in [0.25, 0.3) is 6.08 Å². The van der Waals surface area contributed by atoms with E-state index in [0.29, 0.717) is 18.2 Å². The minimum atomic E-state index is -1.00. The van der Waals surface area contributed by atoms with Crippen LogP contribution in [0, 0.1) is 5.92 Å². The Hall–Kier alpha value is -2.30. The summed E-state index contributed by atoms with van der Waals surface area (Å²) in [6, 6.07) is 6.75. The van der Waals surface area contributed by atoms with Crippen LogP contribution in [0.1, 0.15) is 32.3 Å². The molecule has 2 amide bonds. The number of hydrogen-bond acceptors (Lipinski definition) is 2. The molecule has 5 nitrogen and oxygen atoms in total. The molecule has 0 unspecified atom stereocenters. The van der Waals surface area contributed by atoms with Crippen molar-refractivity contribution in [3.63, 3.8) is 0 Å². The van der Waals surface area contributed by atoms with Crippen molar-refractivity contribution in [1.82, 2.24) is 5.32 Å². The lowest BCUT2D eigenvalue weighted by molar-refractivity contribution is -0.131. The Morgan fingerprint density at radius 1 is 1.33 bits per heavy atom. The largest absolute Gasteiger partial charge is 0.478 e. The van der Waals surface area contributed by atoms with Gasteiger partial charge in [0.1, 0.15) is 0 Å². The first-order valence-electron chi connectivity index (χ1n) is 7.03. The van der Waals surface area contributed by atoms with Crippen LogP contribution in [-0.4, -0.2) is 23.7 Å². The second-order valence-corrected chi connectivity index (χ2v) is 5.21. The molecule has 0 radical (unpaired) electrons. The van der Waals surface area contributed by atoms with E-state index >= 15 is 0 Å².